The van der Waals surface area contributed by atoms with Crippen LogP contribution in [0.4, 0.5) is 0 Å². The largest absolute Gasteiger partial charge is 0.497 e. The van der Waals surface area contributed by atoms with Gasteiger partial charge in [0.1, 0.15) is 6.10 Å². The first kappa shape index (κ1) is 12.5. The molecule has 3 nitrogen and oxygen atoms in total. The predicted molar refractivity (Wildman–Crippen MR) is 61.8 cm³/mol. The maximum Gasteiger partial charge on any atom is 0.110 e. The van der Waals surface area contributed by atoms with Crippen LogP contribution in [-0.2, 0) is 9.47 Å². The number of allylic oxidation sites excluding steroid dienone is 1. The topological polar surface area (TPSA) is 30.5 Å². The van der Waals surface area contributed by atoms with E-state index in [1.165, 1.54) is 19.3 Å². The molecule has 1 N–H and O–H groups in total. The van der Waals surface area contributed by atoms with Gasteiger partial charge >= 0.3 is 0 Å². The SMILES string of the molecule is COCCCCCNCC1CCC=CO1. The lowest BCUT2D eigenvalue weighted by Crippen LogP contribution is -2.29. The van der Waals surface area contributed by atoms with E-state index in [4.69, 9.17) is 9.47 Å². The number of unbranched alkanes of at least 4 members (excludes halogenated alkanes) is 2. The van der Waals surface area contributed by atoms with Gasteiger partial charge in [-0.2, -0.15) is 0 Å². The molecule has 1 atom stereocenters. The van der Waals surface area contributed by atoms with Crippen LogP contribution in [0.25, 0.3) is 0 Å². The molecule has 1 unspecified atom stereocenters. The minimum absolute atomic E-state index is 0.383. The van der Waals surface area contributed by atoms with Crippen LogP contribution in [0.3, 0.4) is 0 Å². The summed E-state index contributed by atoms with van der Waals surface area (Å²) in [6.07, 6.45) is 10.2. The zero-order chi connectivity index (χ0) is 10.8. The van der Waals surface area contributed by atoms with Crippen molar-refractivity contribution in [2.45, 2.75) is 38.2 Å². The lowest BCUT2D eigenvalue weighted by molar-refractivity contribution is 0.122. The lowest BCUT2D eigenvalue weighted by Gasteiger charge is -2.19. The van der Waals surface area contributed by atoms with Crippen molar-refractivity contribution in [2.24, 2.45) is 0 Å². The standard InChI is InChI=1S/C12H23NO2/c1-14-9-5-2-4-8-13-11-12-7-3-6-10-15-12/h6,10,12-13H,2-5,7-9,11H2,1H3. The van der Waals surface area contributed by atoms with Crippen LogP contribution in [0.2, 0.25) is 0 Å². The number of hydrogen-bond acceptors (Lipinski definition) is 3. The van der Waals surface area contributed by atoms with E-state index in [2.05, 4.69) is 11.4 Å². The Labute approximate surface area is 92.8 Å². The quantitative estimate of drug-likeness (QED) is 0.626. The van der Waals surface area contributed by atoms with Crippen molar-refractivity contribution in [1.82, 2.24) is 5.32 Å². The van der Waals surface area contributed by atoms with Gasteiger partial charge in [0, 0.05) is 20.3 Å². The van der Waals surface area contributed by atoms with Crippen molar-refractivity contribution in [3.63, 3.8) is 0 Å². The minimum atomic E-state index is 0.383. The minimum Gasteiger partial charge on any atom is -0.497 e. The molecule has 0 aromatic carbocycles. The highest BCUT2D eigenvalue weighted by molar-refractivity contribution is 4.82. The molecular formula is C12H23NO2. The van der Waals surface area contributed by atoms with Gasteiger partial charge in [0.15, 0.2) is 0 Å². The molecule has 3 heteroatoms. The van der Waals surface area contributed by atoms with Crippen molar-refractivity contribution < 1.29 is 9.47 Å². The molecule has 0 aromatic heterocycles. The van der Waals surface area contributed by atoms with Gasteiger partial charge in [-0.05, 0) is 44.7 Å². The first-order valence-electron chi connectivity index (χ1n) is 5.93. The summed E-state index contributed by atoms with van der Waals surface area (Å²) in [5.74, 6) is 0. The van der Waals surface area contributed by atoms with E-state index >= 15 is 0 Å². The predicted octanol–water partition coefficient (Wildman–Crippen LogP) is 2.09. The summed E-state index contributed by atoms with van der Waals surface area (Å²) in [5.41, 5.74) is 0. The Morgan fingerprint density at radius 2 is 2.33 bits per heavy atom. The van der Waals surface area contributed by atoms with Crippen LogP contribution in [0.15, 0.2) is 12.3 Å². The molecule has 0 spiro atoms. The average molecular weight is 213 g/mol. The molecule has 0 saturated heterocycles. The zero-order valence-corrected chi connectivity index (χ0v) is 9.71. The summed E-state index contributed by atoms with van der Waals surface area (Å²) in [7, 11) is 1.76. The fourth-order valence-electron chi connectivity index (χ4n) is 1.67. The Morgan fingerprint density at radius 3 is 3.07 bits per heavy atom. The zero-order valence-electron chi connectivity index (χ0n) is 9.71. The van der Waals surface area contributed by atoms with Crippen molar-refractivity contribution in [2.75, 3.05) is 26.8 Å². The van der Waals surface area contributed by atoms with E-state index in [0.29, 0.717) is 6.10 Å². The highest BCUT2D eigenvalue weighted by Crippen LogP contribution is 2.08. The number of rotatable bonds is 8. The number of ether oxygens (including phenoxy) is 2. The van der Waals surface area contributed by atoms with Crippen LogP contribution in [-0.4, -0.2) is 32.9 Å². The average Bonchev–Trinajstić information content (AvgIpc) is 2.29. The normalized spacial score (nSPS) is 20.2. The first-order valence-corrected chi connectivity index (χ1v) is 5.93. The summed E-state index contributed by atoms with van der Waals surface area (Å²) >= 11 is 0. The van der Waals surface area contributed by atoms with Gasteiger partial charge in [-0.25, -0.2) is 0 Å². The van der Waals surface area contributed by atoms with Gasteiger partial charge in [0.25, 0.3) is 0 Å². The van der Waals surface area contributed by atoms with E-state index in [1.807, 2.05) is 6.26 Å². The fourth-order valence-corrected chi connectivity index (χ4v) is 1.67. The van der Waals surface area contributed by atoms with Gasteiger partial charge in [-0.3, -0.25) is 0 Å². The Morgan fingerprint density at radius 1 is 1.40 bits per heavy atom. The van der Waals surface area contributed by atoms with E-state index in [1.54, 1.807) is 7.11 Å². The van der Waals surface area contributed by atoms with Crippen LogP contribution in [0.1, 0.15) is 32.1 Å². The molecular weight excluding hydrogens is 190 g/mol. The maximum atomic E-state index is 5.46. The highest BCUT2D eigenvalue weighted by atomic mass is 16.5. The molecule has 0 aliphatic carbocycles. The van der Waals surface area contributed by atoms with Crippen molar-refractivity contribution in [3.8, 4) is 0 Å². The first-order chi connectivity index (χ1) is 7.43. The van der Waals surface area contributed by atoms with Crippen molar-refractivity contribution in [3.05, 3.63) is 12.3 Å². The van der Waals surface area contributed by atoms with Crippen LogP contribution in [0.5, 0.6) is 0 Å². The summed E-state index contributed by atoms with van der Waals surface area (Å²) in [4.78, 5) is 0. The van der Waals surface area contributed by atoms with Crippen molar-refractivity contribution >= 4 is 0 Å². The van der Waals surface area contributed by atoms with E-state index < -0.39 is 0 Å². The second-order valence-electron chi connectivity index (χ2n) is 3.96. The van der Waals surface area contributed by atoms with Gasteiger partial charge < -0.3 is 14.8 Å². The summed E-state index contributed by atoms with van der Waals surface area (Å²) in [5, 5.41) is 3.43. The summed E-state index contributed by atoms with van der Waals surface area (Å²) < 4.78 is 10.5. The number of hydrogen-bond donors (Lipinski definition) is 1. The summed E-state index contributed by atoms with van der Waals surface area (Å²) in [6, 6.07) is 0. The van der Waals surface area contributed by atoms with Crippen LogP contribution < -0.4 is 5.32 Å². The molecule has 1 aliphatic heterocycles. The monoisotopic (exact) mass is 213 g/mol. The molecule has 0 aromatic rings. The molecule has 1 heterocycles. The third-order valence-corrected chi connectivity index (χ3v) is 2.60. The molecule has 1 rings (SSSR count). The fraction of sp³-hybridized carbons (Fsp3) is 0.833. The van der Waals surface area contributed by atoms with Crippen LogP contribution in [0, 0.1) is 0 Å². The van der Waals surface area contributed by atoms with Gasteiger partial charge in [-0.15, -0.1) is 0 Å². The van der Waals surface area contributed by atoms with Crippen LogP contribution >= 0.6 is 0 Å². The Balaban J connectivity index is 1.82. The smallest absolute Gasteiger partial charge is 0.110 e. The van der Waals surface area contributed by atoms with E-state index in [9.17, 15) is 0 Å². The number of methoxy groups -OCH3 is 1. The Hall–Kier alpha value is -0.540. The summed E-state index contributed by atoms with van der Waals surface area (Å²) in [6.45, 7) is 2.96. The van der Waals surface area contributed by atoms with Gasteiger partial charge in [-0.1, -0.05) is 0 Å². The molecule has 0 bridgehead atoms. The second-order valence-corrected chi connectivity index (χ2v) is 3.96. The maximum absolute atomic E-state index is 5.46. The second kappa shape index (κ2) is 8.74. The lowest BCUT2D eigenvalue weighted by atomic mass is 10.1. The molecule has 0 fully saturated rings. The molecule has 88 valence electrons. The third-order valence-electron chi connectivity index (χ3n) is 2.60. The highest BCUT2D eigenvalue weighted by Gasteiger charge is 2.09. The van der Waals surface area contributed by atoms with Gasteiger partial charge in [0.2, 0.25) is 0 Å². The molecule has 0 amide bonds. The third kappa shape index (κ3) is 6.52. The Bertz CT molecular complexity index is 171. The molecule has 1 aliphatic rings. The van der Waals surface area contributed by atoms with Crippen molar-refractivity contribution in [1.29, 1.82) is 0 Å². The molecule has 0 saturated carbocycles. The number of nitrogens with one attached hydrogen (secondary N) is 1. The van der Waals surface area contributed by atoms with E-state index in [0.717, 1.165) is 32.5 Å². The Kier molecular flexibility index (Phi) is 7.30. The molecule has 0 radical (unpaired) electrons. The van der Waals surface area contributed by atoms with E-state index in [-0.39, 0.29) is 0 Å². The molecule has 15 heavy (non-hydrogen) atoms. The van der Waals surface area contributed by atoms with Gasteiger partial charge in [0.05, 0.1) is 6.26 Å².